The molecule has 1 aliphatic heterocycles. The van der Waals surface area contributed by atoms with Gasteiger partial charge >= 0.3 is 0 Å². The molecular weight excluding hydrogens is 539 g/mol. The molecule has 1 N–H and O–H groups in total. The number of para-hydroxylation sites is 1. The normalized spacial score (nSPS) is 14.9. The monoisotopic (exact) mass is 562 g/mol. The lowest BCUT2D eigenvalue weighted by Crippen LogP contribution is -2.31. The van der Waals surface area contributed by atoms with Crippen molar-refractivity contribution in [3.63, 3.8) is 0 Å². The highest BCUT2D eigenvalue weighted by Crippen LogP contribution is 2.44. The van der Waals surface area contributed by atoms with Crippen molar-refractivity contribution in [1.29, 1.82) is 0 Å². The van der Waals surface area contributed by atoms with Crippen LogP contribution in [-0.2, 0) is 4.79 Å². The summed E-state index contributed by atoms with van der Waals surface area (Å²) in [4.78, 5) is 33.8. The van der Waals surface area contributed by atoms with Crippen LogP contribution in [0.15, 0.2) is 121 Å². The van der Waals surface area contributed by atoms with E-state index in [1.54, 1.807) is 37.3 Å². The second kappa shape index (κ2) is 10.8. The van der Waals surface area contributed by atoms with E-state index in [1.165, 1.54) is 34.4 Å². The van der Waals surface area contributed by atoms with Gasteiger partial charge in [0.1, 0.15) is 22.3 Å². The van der Waals surface area contributed by atoms with Crippen LogP contribution in [0.3, 0.4) is 0 Å². The zero-order valence-corrected chi connectivity index (χ0v) is 22.6. The lowest BCUT2D eigenvalue weighted by Gasteiger charge is -2.27. The number of ether oxygens (including phenoxy) is 1. The standard InChI is InChI=1S/C33H23FN2O4S/c1-20-31(41-32(35-20)21-10-4-2-5-11-21)29(37)27-28(36(33(39)30(27)38)24-14-9-13-23(34)19-24)22-12-8-17-26(18-22)40-25-15-6-3-7-16-25/h2-19,28,38H,1H3. The summed E-state index contributed by atoms with van der Waals surface area (Å²) < 4.78 is 20.3. The number of anilines is 1. The Kier molecular flexibility index (Phi) is 6.91. The van der Waals surface area contributed by atoms with E-state index >= 15 is 0 Å². The Labute approximate surface area is 239 Å². The molecule has 1 aliphatic rings. The van der Waals surface area contributed by atoms with Crippen LogP contribution in [0.5, 0.6) is 11.5 Å². The number of carbonyl (C=O) groups excluding carboxylic acids is 2. The minimum Gasteiger partial charge on any atom is -0.503 e. The molecule has 5 aromatic rings. The molecule has 0 saturated carbocycles. The summed E-state index contributed by atoms with van der Waals surface area (Å²) in [6, 6.07) is 30.0. The van der Waals surface area contributed by atoms with Gasteiger partial charge in [-0.25, -0.2) is 9.37 Å². The van der Waals surface area contributed by atoms with E-state index in [0.29, 0.717) is 32.6 Å². The Morgan fingerprint density at radius 2 is 1.59 bits per heavy atom. The highest BCUT2D eigenvalue weighted by molar-refractivity contribution is 7.17. The molecule has 6 nitrogen and oxygen atoms in total. The molecule has 0 saturated heterocycles. The van der Waals surface area contributed by atoms with E-state index < -0.39 is 29.3 Å². The zero-order chi connectivity index (χ0) is 28.5. The molecule has 0 radical (unpaired) electrons. The SMILES string of the molecule is Cc1nc(-c2ccccc2)sc1C(=O)C1=C(O)C(=O)N(c2cccc(F)c2)C1c1cccc(Oc2ccccc2)c1. The number of Topliss-reactive ketones (excluding diaryl/α,β-unsaturated/α-hetero) is 1. The van der Waals surface area contributed by atoms with Gasteiger partial charge in [-0.15, -0.1) is 11.3 Å². The van der Waals surface area contributed by atoms with E-state index in [2.05, 4.69) is 4.98 Å². The summed E-state index contributed by atoms with van der Waals surface area (Å²) in [6.07, 6.45) is 0. The number of aryl methyl sites for hydroxylation is 1. The average molecular weight is 563 g/mol. The van der Waals surface area contributed by atoms with Crippen molar-refractivity contribution in [3.05, 3.63) is 142 Å². The number of halogens is 1. The van der Waals surface area contributed by atoms with Crippen LogP contribution < -0.4 is 9.64 Å². The number of hydrogen-bond acceptors (Lipinski definition) is 6. The lowest BCUT2D eigenvalue weighted by molar-refractivity contribution is -0.117. The van der Waals surface area contributed by atoms with Crippen molar-refractivity contribution in [2.45, 2.75) is 13.0 Å². The molecule has 41 heavy (non-hydrogen) atoms. The van der Waals surface area contributed by atoms with Crippen molar-refractivity contribution in [2.75, 3.05) is 4.90 Å². The Morgan fingerprint density at radius 1 is 0.902 bits per heavy atom. The highest BCUT2D eigenvalue weighted by atomic mass is 32.1. The summed E-state index contributed by atoms with van der Waals surface area (Å²) in [7, 11) is 0. The minimum atomic E-state index is -1.04. The molecule has 8 heteroatoms. The zero-order valence-electron chi connectivity index (χ0n) is 21.8. The quantitative estimate of drug-likeness (QED) is 0.205. The molecule has 0 aliphatic carbocycles. The number of rotatable bonds is 7. The number of benzene rings is 4. The fourth-order valence-electron chi connectivity index (χ4n) is 4.85. The molecule has 1 unspecified atom stereocenters. The largest absolute Gasteiger partial charge is 0.503 e. The van der Waals surface area contributed by atoms with E-state index in [9.17, 15) is 19.1 Å². The van der Waals surface area contributed by atoms with Gasteiger partial charge in [-0.1, -0.05) is 66.7 Å². The maximum Gasteiger partial charge on any atom is 0.294 e. The number of aliphatic hydroxyl groups is 1. The fraction of sp³-hybridized carbons (Fsp3) is 0.0606. The summed E-state index contributed by atoms with van der Waals surface area (Å²) in [6.45, 7) is 1.72. The first-order chi connectivity index (χ1) is 19.9. The fourth-order valence-corrected chi connectivity index (χ4v) is 5.88. The number of thiazole rings is 1. The van der Waals surface area contributed by atoms with E-state index in [4.69, 9.17) is 4.74 Å². The molecule has 1 amide bonds. The van der Waals surface area contributed by atoms with Gasteiger partial charge in [0.25, 0.3) is 5.91 Å². The van der Waals surface area contributed by atoms with Gasteiger partial charge in [0.05, 0.1) is 22.2 Å². The predicted molar refractivity (Wildman–Crippen MR) is 156 cm³/mol. The van der Waals surface area contributed by atoms with E-state index in [-0.39, 0.29) is 11.3 Å². The summed E-state index contributed by atoms with van der Waals surface area (Å²) in [5, 5.41) is 11.8. The third-order valence-electron chi connectivity index (χ3n) is 6.72. The third-order valence-corrected chi connectivity index (χ3v) is 7.92. The molecule has 6 rings (SSSR count). The van der Waals surface area contributed by atoms with Crippen molar-refractivity contribution < 1.29 is 23.8 Å². The Bertz CT molecular complexity index is 1800. The Morgan fingerprint density at radius 3 is 2.32 bits per heavy atom. The van der Waals surface area contributed by atoms with Gasteiger partial charge in [0.2, 0.25) is 5.78 Å². The van der Waals surface area contributed by atoms with Gasteiger partial charge in [0.15, 0.2) is 5.76 Å². The number of aromatic nitrogens is 1. The number of carbonyl (C=O) groups is 2. The molecule has 1 atom stereocenters. The summed E-state index contributed by atoms with van der Waals surface area (Å²) >= 11 is 1.19. The molecular formula is C33H23FN2O4S. The third kappa shape index (κ3) is 5.01. The first kappa shape index (κ1) is 26.2. The number of hydrogen-bond donors (Lipinski definition) is 1. The second-order valence-electron chi connectivity index (χ2n) is 9.44. The van der Waals surface area contributed by atoms with Crippen molar-refractivity contribution >= 4 is 28.7 Å². The van der Waals surface area contributed by atoms with Crippen molar-refractivity contribution in [3.8, 4) is 22.1 Å². The maximum absolute atomic E-state index is 14.3. The second-order valence-corrected chi connectivity index (χ2v) is 10.4. The number of ketones is 1. The molecule has 202 valence electrons. The number of aliphatic hydroxyl groups excluding tert-OH is 1. The smallest absolute Gasteiger partial charge is 0.294 e. The predicted octanol–water partition coefficient (Wildman–Crippen LogP) is 7.83. The Balaban J connectivity index is 1.46. The molecule has 0 spiro atoms. The molecule has 2 heterocycles. The van der Waals surface area contributed by atoms with Gasteiger partial charge < -0.3 is 9.84 Å². The van der Waals surface area contributed by atoms with Gasteiger partial charge in [-0.05, 0) is 55.0 Å². The van der Waals surface area contributed by atoms with Crippen LogP contribution >= 0.6 is 11.3 Å². The average Bonchev–Trinajstić information content (AvgIpc) is 3.51. The summed E-state index contributed by atoms with van der Waals surface area (Å²) in [5.74, 6) is -1.49. The van der Waals surface area contributed by atoms with Gasteiger partial charge in [-0.2, -0.15) is 0 Å². The van der Waals surface area contributed by atoms with Crippen LogP contribution in [0.25, 0.3) is 10.6 Å². The first-order valence-electron chi connectivity index (χ1n) is 12.8. The number of nitrogens with zero attached hydrogens (tertiary/aromatic N) is 2. The minimum absolute atomic E-state index is 0.109. The van der Waals surface area contributed by atoms with E-state index in [0.717, 1.165) is 5.56 Å². The lowest BCUT2D eigenvalue weighted by atomic mass is 9.94. The Hall–Kier alpha value is -5.08. The van der Waals surface area contributed by atoms with Crippen molar-refractivity contribution in [1.82, 2.24) is 4.98 Å². The molecule has 0 bridgehead atoms. The van der Waals surface area contributed by atoms with Crippen LogP contribution in [0.2, 0.25) is 0 Å². The molecule has 0 fully saturated rings. The van der Waals surface area contributed by atoms with Crippen LogP contribution in [0.1, 0.15) is 27.0 Å². The van der Waals surface area contributed by atoms with Gasteiger partial charge in [-0.3, -0.25) is 14.5 Å². The highest BCUT2D eigenvalue weighted by Gasteiger charge is 2.45. The van der Waals surface area contributed by atoms with Crippen molar-refractivity contribution in [2.24, 2.45) is 0 Å². The topological polar surface area (TPSA) is 79.7 Å². The van der Waals surface area contributed by atoms with Gasteiger partial charge in [0, 0.05) is 11.3 Å². The summed E-state index contributed by atoms with van der Waals surface area (Å²) in [5.41, 5.74) is 1.94. The van der Waals surface area contributed by atoms with Crippen LogP contribution in [0, 0.1) is 12.7 Å². The first-order valence-corrected chi connectivity index (χ1v) is 13.6. The maximum atomic E-state index is 14.3. The number of amides is 1. The molecule has 4 aromatic carbocycles. The van der Waals surface area contributed by atoms with E-state index in [1.807, 2.05) is 60.7 Å². The molecule has 1 aromatic heterocycles. The van der Waals surface area contributed by atoms with Crippen LogP contribution in [-0.4, -0.2) is 21.8 Å². The van der Waals surface area contributed by atoms with Crippen LogP contribution in [0.4, 0.5) is 10.1 Å².